The first-order valence-corrected chi connectivity index (χ1v) is 11.1. The van der Waals surface area contributed by atoms with Gasteiger partial charge in [-0.3, -0.25) is 4.79 Å². The topological polar surface area (TPSA) is 222 Å². The van der Waals surface area contributed by atoms with Crippen molar-refractivity contribution in [2.24, 2.45) is 0 Å². The van der Waals surface area contributed by atoms with E-state index in [1.807, 2.05) is 12.1 Å². The molecule has 0 bridgehead atoms. The lowest BCUT2D eigenvalue weighted by Crippen LogP contribution is -2.68. The number of esters is 1. The van der Waals surface area contributed by atoms with Crippen molar-refractivity contribution in [3.8, 4) is 0 Å². The number of nitrogens with one attached hydrogen (secondary N) is 1. The van der Waals surface area contributed by atoms with Crippen LogP contribution in [0.5, 0.6) is 0 Å². The van der Waals surface area contributed by atoms with Crippen LogP contribution in [0, 0.1) is 0 Å². The molecule has 2 aliphatic rings. The highest BCUT2D eigenvalue weighted by Crippen LogP contribution is 2.31. The highest BCUT2D eigenvalue weighted by Gasteiger charge is 2.54. The number of carbonyl (C=O) groups excluding carboxylic acids is 1. The third kappa shape index (κ3) is 4.93. The maximum absolute atomic E-state index is 12.7. The summed E-state index contributed by atoms with van der Waals surface area (Å²) in [7, 11) is 0. The van der Waals surface area contributed by atoms with Crippen LogP contribution in [0.1, 0.15) is 5.56 Å². The standard InChI is InChI=1S/C22H29NO12/c24-7-11-13(26)14(27)19(32)22(33-11)35-21-18(31)16(29)15(28)17(30)20(21)34-12(25)5-8-6-23-10-4-2-1-3-9(8)10/h1-4,6,11,13-24,26-32H,5,7H2/t11-,13+,14+,15-,16-,17-,18+,19-,20-,21-,22+/m1/s1. The van der Waals surface area contributed by atoms with Gasteiger partial charge in [-0.05, 0) is 11.6 Å². The second-order valence-electron chi connectivity index (χ2n) is 8.75. The zero-order chi connectivity index (χ0) is 25.4. The average molecular weight is 499 g/mol. The molecule has 1 saturated carbocycles. The molecule has 35 heavy (non-hydrogen) atoms. The summed E-state index contributed by atoms with van der Waals surface area (Å²) in [5, 5.41) is 81.6. The van der Waals surface area contributed by atoms with Crippen LogP contribution < -0.4 is 0 Å². The zero-order valence-electron chi connectivity index (χ0n) is 18.4. The summed E-state index contributed by atoms with van der Waals surface area (Å²) in [5.74, 6) is -0.850. The third-order valence-corrected chi connectivity index (χ3v) is 6.46. The van der Waals surface area contributed by atoms with Gasteiger partial charge in [0, 0.05) is 17.1 Å². The van der Waals surface area contributed by atoms with E-state index < -0.39 is 79.9 Å². The van der Waals surface area contributed by atoms with Crippen LogP contribution in [0.25, 0.3) is 10.9 Å². The van der Waals surface area contributed by atoms with E-state index in [1.54, 1.807) is 18.3 Å². The highest BCUT2D eigenvalue weighted by molar-refractivity contribution is 5.87. The molecule has 1 aliphatic carbocycles. The maximum atomic E-state index is 12.7. The van der Waals surface area contributed by atoms with E-state index in [1.165, 1.54) is 0 Å². The Labute approximate surface area is 198 Å². The third-order valence-electron chi connectivity index (χ3n) is 6.46. The van der Waals surface area contributed by atoms with E-state index in [0.717, 1.165) is 10.9 Å². The number of aromatic nitrogens is 1. The molecule has 2 heterocycles. The first-order valence-electron chi connectivity index (χ1n) is 11.1. The monoisotopic (exact) mass is 499 g/mol. The molecule has 13 nitrogen and oxygen atoms in total. The van der Waals surface area contributed by atoms with Crippen molar-refractivity contribution in [1.82, 2.24) is 4.98 Å². The molecule has 0 radical (unpaired) electrons. The van der Waals surface area contributed by atoms with Gasteiger partial charge in [0.25, 0.3) is 0 Å². The van der Waals surface area contributed by atoms with Crippen molar-refractivity contribution in [3.05, 3.63) is 36.0 Å². The fraction of sp³-hybridized carbons (Fsp3) is 0.591. The molecule has 1 aliphatic heterocycles. The molecule has 0 unspecified atom stereocenters. The summed E-state index contributed by atoms with van der Waals surface area (Å²) >= 11 is 0. The minimum Gasteiger partial charge on any atom is -0.456 e. The molecular weight excluding hydrogens is 470 g/mol. The fourth-order valence-corrected chi connectivity index (χ4v) is 4.44. The number of aliphatic hydroxyl groups excluding tert-OH is 8. The van der Waals surface area contributed by atoms with Gasteiger partial charge in [0.05, 0.1) is 13.0 Å². The Bertz CT molecular complexity index is 1010. The Morgan fingerprint density at radius 1 is 0.857 bits per heavy atom. The molecule has 1 saturated heterocycles. The predicted molar refractivity (Wildman–Crippen MR) is 115 cm³/mol. The van der Waals surface area contributed by atoms with E-state index in [9.17, 15) is 45.6 Å². The highest BCUT2D eigenvalue weighted by atomic mass is 16.7. The first-order chi connectivity index (χ1) is 16.6. The van der Waals surface area contributed by atoms with Crippen LogP contribution in [0.4, 0.5) is 0 Å². The minimum atomic E-state index is -1.91. The van der Waals surface area contributed by atoms with Crippen molar-refractivity contribution >= 4 is 16.9 Å². The van der Waals surface area contributed by atoms with Gasteiger partial charge in [0.1, 0.15) is 54.9 Å². The smallest absolute Gasteiger partial charge is 0.310 e. The van der Waals surface area contributed by atoms with E-state index in [-0.39, 0.29) is 6.42 Å². The quantitative estimate of drug-likeness (QED) is 0.175. The van der Waals surface area contributed by atoms with Gasteiger partial charge in [-0.2, -0.15) is 0 Å². The number of aromatic amines is 1. The Kier molecular flexibility index (Phi) is 7.73. The number of rotatable bonds is 6. The number of benzene rings is 1. The van der Waals surface area contributed by atoms with Crippen LogP contribution in [-0.2, 0) is 25.4 Å². The van der Waals surface area contributed by atoms with Crippen LogP contribution in [0.3, 0.4) is 0 Å². The van der Waals surface area contributed by atoms with Crippen molar-refractivity contribution in [1.29, 1.82) is 0 Å². The number of hydrogen-bond acceptors (Lipinski definition) is 12. The minimum absolute atomic E-state index is 0.241. The number of aliphatic hydroxyl groups is 8. The van der Waals surface area contributed by atoms with Gasteiger partial charge < -0.3 is 60.0 Å². The average Bonchev–Trinajstić information content (AvgIpc) is 3.26. The van der Waals surface area contributed by atoms with E-state index in [4.69, 9.17) is 14.2 Å². The SMILES string of the molecule is O=C(Cc1c[nH]c2ccccc12)O[C@@H]1[C@H](O)[C@H](O)[C@@H](O)[C@H](O)[C@H]1O[C@@H]1O[C@H](CO)[C@H](O)[C@H](O)[C@H]1O. The molecule has 13 heteroatoms. The second-order valence-corrected chi connectivity index (χ2v) is 8.75. The van der Waals surface area contributed by atoms with E-state index in [0.29, 0.717) is 5.56 Å². The fourth-order valence-electron chi connectivity index (χ4n) is 4.44. The largest absolute Gasteiger partial charge is 0.456 e. The van der Waals surface area contributed by atoms with Gasteiger partial charge >= 0.3 is 5.97 Å². The normalized spacial score (nSPS) is 40.1. The van der Waals surface area contributed by atoms with Crippen molar-refractivity contribution in [2.75, 3.05) is 6.61 Å². The van der Waals surface area contributed by atoms with Crippen molar-refractivity contribution < 1.29 is 59.9 Å². The van der Waals surface area contributed by atoms with E-state index >= 15 is 0 Å². The molecule has 11 atom stereocenters. The van der Waals surface area contributed by atoms with Gasteiger partial charge in [-0.15, -0.1) is 0 Å². The summed E-state index contributed by atoms with van der Waals surface area (Å²) in [5.41, 5.74) is 1.37. The molecule has 4 rings (SSSR count). The summed E-state index contributed by atoms with van der Waals surface area (Å²) < 4.78 is 16.1. The number of para-hydroxylation sites is 1. The van der Waals surface area contributed by atoms with Crippen LogP contribution in [0.2, 0.25) is 0 Å². The van der Waals surface area contributed by atoms with Crippen LogP contribution in [0.15, 0.2) is 30.5 Å². The molecule has 1 aromatic carbocycles. The first kappa shape index (κ1) is 25.9. The van der Waals surface area contributed by atoms with Gasteiger partial charge in [-0.1, -0.05) is 18.2 Å². The Hall–Kier alpha value is -2.17. The summed E-state index contributed by atoms with van der Waals surface area (Å²) in [6.07, 6.45) is -18.1. The van der Waals surface area contributed by atoms with Gasteiger partial charge in [-0.25, -0.2) is 0 Å². The summed E-state index contributed by atoms with van der Waals surface area (Å²) in [4.78, 5) is 15.8. The number of carbonyl (C=O) groups is 1. The zero-order valence-corrected chi connectivity index (χ0v) is 18.4. The van der Waals surface area contributed by atoms with Gasteiger partial charge in [0.15, 0.2) is 12.4 Å². The second kappa shape index (κ2) is 10.4. The predicted octanol–water partition coefficient (Wildman–Crippen LogP) is -3.74. The number of ether oxygens (including phenoxy) is 3. The van der Waals surface area contributed by atoms with Gasteiger partial charge in [0.2, 0.25) is 0 Å². The Balaban J connectivity index is 1.53. The lowest BCUT2D eigenvalue weighted by atomic mass is 9.84. The maximum Gasteiger partial charge on any atom is 0.310 e. The summed E-state index contributed by atoms with van der Waals surface area (Å²) in [6, 6.07) is 7.20. The van der Waals surface area contributed by atoms with Crippen LogP contribution >= 0.6 is 0 Å². The molecular formula is C22H29NO12. The molecule has 0 spiro atoms. The Morgan fingerprint density at radius 3 is 2.17 bits per heavy atom. The van der Waals surface area contributed by atoms with Crippen molar-refractivity contribution in [2.45, 2.75) is 73.8 Å². The Morgan fingerprint density at radius 2 is 1.49 bits per heavy atom. The summed E-state index contributed by atoms with van der Waals surface area (Å²) in [6.45, 7) is -0.745. The number of hydrogen-bond donors (Lipinski definition) is 9. The lowest BCUT2D eigenvalue weighted by molar-refractivity contribution is -0.339. The lowest BCUT2D eigenvalue weighted by Gasteiger charge is -2.46. The molecule has 0 amide bonds. The van der Waals surface area contributed by atoms with Crippen LogP contribution in [-0.4, -0.2) is 126 Å². The van der Waals surface area contributed by atoms with E-state index in [2.05, 4.69) is 4.98 Å². The van der Waals surface area contributed by atoms with Crippen molar-refractivity contribution in [3.63, 3.8) is 0 Å². The molecule has 9 N–H and O–H groups in total. The number of H-pyrrole nitrogens is 1. The molecule has 194 valence electrons. The molecule has 1 aromatic heterocycles. The molecule has 2 fully saturated rings. The number of fused-ring (bicyclic) bond motifs is 1. The molecule has 2 aromatic rings.